The Labute approximate surface area is 122 Å². The standard InChI is InChI=1S/C18H24O2/c1-15(2)8-7-9-16(3)12-13-20-14-18(19)17-10-5-4-6-11-17/h4-6,8,10-12H,7,9,13-14H2,1-3H3/b16-12+. The van der Waals surface area contributed by atoms with Crippen molar-refractivity contribution in [1.29, 1.82) is 0 Å². The molecule has 2 heteroatoms. The number of benzene rings is 1. The lowest BCUT2D eigenvalue weighted by Gasteiger charge is -2.03. The van der Waals surface area contributed by atoms with E-state index >= 15 is 0 Å². The van der Waals surface area contributed by atoms with Crippen molar-refractivity contribution >= 4 is 5.78 Å². The fraction of sp³-hybridized carbons (Fsp3) is 0.389. The van der Waals surface area contributed by atoms with Gasteiger partial charge in [-0.1, -0.05) is 53.6 Å². The van der Waals surface area contributed by atoms with E-state index in [1.807, 2.05) is 30.3 Å². The Morgan fingerprint density at radius 3 is 2.45 bits per heavy atom. The van der Waals surface area contributed by atoms with E-state index in [2.05, 4.69) is 32.9 Å². The molecular formula is C18H24O2. The van der Waals surface area contributed by atoms with Gasteiger partial charge >= 0.3 is 0 Å². The maximum Gasteiger partial charge on any atom is 0.188 e. The molecule has 108 valence electrons. The summed E-state index contributed by atoms with van der Waals surface area (Å²) in [5.41, 5.74) is 3.36. The van der Waals surface area contributed by atoms with Crippen molar-refractivity contribution in [3.63, 3.8) is 0 Å². The van der Waals surface area contributed by atoms with E-state index in [9.17, 15) is 4.79 Å². The topological polar surface area (TPSA) is 26.3 Å². The lowest BCUT2D eigenvalue weighted by molar-refractivity contribution is 0.0805. The van der Waals surface area contributed by atoms with Gasteiger partial charge in [0.05, 0.1) is 6.61 Å². The van der Waals surface area contributed by atoms with Crippen LogP contribution >= 0.6 is 0 Å². The summed E-state index contributed by atoms with van der Waals surface area (Å²) in [6.07, 6.45) is 6.39. The predicted molar refractivity (Wildman–Crippen MR) is 84.0 cm³/mol. The summed E-state index contributed by atoms with van der Waals surface area (Å²) in [6.45, 7) is 6.96. The summed E-state index contributed by atoms with van der Waals surface area (Å²) in [6, 6.07) is 9.25. The lowest BCUT2D eigenvalue weighted by atomic mass is 10.1. The first kappa shape index (κ1) is 16.4. The number of carbonyl (C=O) groups is 1. The highest BCUT2D eigenvalue weighted by molar-refractivity contribution is 5.96. The van der Waals surface area contributed by atoms with Gasteiger partial charge in [-0.25, -0.2) is 0 Å². The van der Waals surface area contributed by atoms with Crippen molar-refractivity contribution in [3.8, 4) is 0 Å². The van der Waals surface area contributed by atoms with Crippen LogP contribution in [0.3, 0.4) is 0 Å². The Kier molecular flexibility index (Phi) is 7.59. The summed E-state index contributed by atoms with van der Waals surface area (Å²) in [4.78, 5) is 11.8. The van der Waals surface area contributed by atoms with Gasteiger partial charge in [0.2, 0.25) is 0 Å². The molecule has 0 radical (unpaired) electrons. The molecular weight excluding hydrogens is 248 g/mol. The maximum absolute atomic E-state index is 11.8. The van der Waals surface area contributed by atoms with E-state index in [0.717, 1.165) is 12.8 Å². The summed E-state index contributed by atoms with van der Waals surface area (Å²) in [7, 11) is 0. The minimum atomic E-state index is 0.0289. The molecule has 0 fully saturated rings. The summed E-state index contributed by atoms with van der Waals surface area (Å²) >= 11 is 0. The van der Waals surface area contributed by atoms with Crippen LogP contribution in [-0.4, -0.2) is 19.0 Å². The van der Waals surface area contributed by atoms with Gasteiger partial charge in [-0.3, -0.25) is 4.79 Å². The first-order valence-electron chi connectivity index (χ1n) is 7.04. The molecule has 0 aliphatic rings. The minimum Gasteiger partial charge on any atom is -0.369 e. The molecule has 0 spiro atoms. The normalized spacial score (nSPS) is 11.2. The molecule has 0 aliphatic carbocycles. The second kappa shape index (κ2) is 9.27. The van der Waals surface area contributed by atoms with Crippen molar-refractivity contribution in [2.24, 2.45) is 0 Å². The molecule has 0 unspecified atom stereocenters. The number of carbonyl (C=O) groups excluding carboxylic acids is 1. The average Bonchev–Trinajstić information content (AvgIpc) is 2.44. The molecule has 0 bridgehead atoms. The summed E-state index contributed by atoms with van der Waals surface area (Å²) in [5, 5.41) is 0. The van der Waals surface area contributed by atoms with Crippen LogP contribution in [0.4, 0.5) is 0 Å². The first-order chi connectivity index (χ1) is 9.59. The van der Waals surface area contributed by atoms with Gasteiger partial charge in [0.15, 0.2) is 5.78 Å². The highest BCUT2D eigenvalue weighted by Gasteiger charge is 2.03. The number of hydrogen-bond acceptors (Lipinski definition) is 2. The Morgan fingerprint density at radius 2 is 1.80 bits per heavy atom. The number of hydrogen-bond donors (Lipinski definition) is 0. The van der Waals surface area contributed by atoms with Crippen molar-refractivity contribution in [3.05, 3.63) is 59.2 Å². The second-order valence-corrected chi connectivity index (χ2v) is 5.17. The van der Waals surface area contributed by atoms with Crippen molar-refractivity contribution in [2.45, 2.75) is 33.6 Å². The largest absolute Gasteiger partial charge is 0.369 e. The van der Waals surface area contributed by atoms with Crippen LogP contribution in [0.1, 0.15) is 44.0 Å². The Bertz CT molecular complexity index is 465. The maximum atomic E-state index is 11.8. The SMILES string of the molecule is CC(C)=CCC/C(C)=C/COCC(=O)c1ccccc1. The van der Waals surface area contributed by atoms with Gasteiger partial charge in [-0.15, -0.1) is 0 Å². The zero-order valence-electron chi connectivity index (χ0n) is 12.7. The van der Waals surface area contributed by atoms with Crippen molar-refractivity contribution in [1.82, 2.24) is 0 Å². The number of Topliss-reactive ketones (excluding diaryl/α,β-unsaturated/α-hetero) is 1. The smallest absolute Gasteiger partial charge is 0.188 e. The quantitative estimate of drug-likeness (QED) is 0.393. The summed E-state index contributed by atoms with van der Waals surface area (Å²) in [5.74, 6) is 0.0289. The molecule has 2 nitrogen and oxygen atoms in total. The number of allylic oxidation sites excluding steroid dienone is 3. The molecule has 1 aromatic carbocycles. The third-order valence-electron chi connectivity index (χ3n) is 2.97. The van der Waals surface area contributed by atoms with E-state index in [-0.39, 0.29) is 12.4 Å². The van der Waals surface area contributed by atoms with Crippen LogP contribution in [-0.2, 0) is 4.74 Å². The van der Waals surface area contributed by atoms with Crippen LogP contribution in [0.25, 0.3) is 0 Å². The van der Waals surface area contributed by atoms with Crippen LogP contribution < -0.4 is 0 Å². The molecule has 0 aliphatic heterocycles. The van der Waals surface area contributed by atoms with Gasteiger partial charge < -0.3 is 4.74 Å². The van der Waals surface area contributed by atoms with Gasteiger partial charge in [0.1, 0.15) is 6.61 Å². The van der Waals surface area contributed by atoms with Crippen LogP contribution in [0, 0.1) is 0 Å². The fourth-order valence-electron chi connectivity index (χ4n) is 1.75. The number of ketones is 1. The molecule has 0 amide bonds. The molecule has 1 aromatic rings. The second-order valence-electron chi connectivity index (χ2n) is 5.17. The van der Waals surface area contributed by atoms with Gasteiger partial charge in [-0.05, 0) is 33.6 Å². The van der Waals surface area contributed by atoms with Crippen molar-refractivity contribution in [2.75, 3.05) is 13.2 Å². The van der Waals surface area contributed by atoms with Crippen LogP contribution in [0.5, 0.6) is 0 Å². The molecule has 0 N–H and O–H groups in total. The number of rotatable bonds is 8. The van der Waals surface area contributed by atoms with E-state index in [1.165, 1.54) is 11.1 Å². The molecule has 0 heterocycles. The van der Waals surface area contributed by atoms with Crippen LogP contribution in [0.2, 0.25) is 0 Å². The minimum absolute atomic E-state index is 0.0289. The third kappa shape index (κ3) is 7.05. The third-order valence-corrected chi connectivity index (χ3v) is 2.97. The monoisotopic (exact) mass is 272 g/mol. The van der Waals surface area contributed by atoms with E-state index in [0.29, 0.717) is 12.2 Å². The Balaban J connectivity index is 2.24. The molecule has 0 saturated carbocycles. The highest BCUT2D eigenvalue weighted by atomic mass is 16.5. The Morgan fingerprint density at radius 1 is 1.10 bits per heavy atom. The highest BCUT2D eigenvalue weighted by Crippen LogP contribution is 2.06. The Hall–Kier alpha value is -1.67. The van der Waals surface area contributed by atoms with Gasteiger partial charge in [-0.2, -0.15) is 0 Å². The van der Waals surface area contributed by atoms with E-state index in [4.69, 9.17) is 4.74 Å². The predicted octanol–water partition coefficient (Wildman–Crippen LogP) is 4.58. The van der Waals surface area contributed by atoms with Crippen molar-refractivity contribution < 1.29 is 9.53 Å². The summed E-state index contributed by atoms with van der Waals surface area (Å²) < 4.78 is 5.41. The zero-order chi connectivity index (χ0) is 14.8. The molecule has 20 heavy (non-hydrogen) atoms. The van der Waals surface area contributed by atoms with Gasteiger partial charge in [0, 0.05) is 5.56 Å². The number of ether oxygens (including phenoxy) is 1. The average molecular weight is 272 g/mol. The zero-order valence-corrected chi connectivity index (χ0v) is 12.7. The lowest BCUT2D eigenvalue weighted by Crippen LogP contribution is -2.09. The molecule has 0 aromatic heterocycles. The van der Waals surface area contributed by atoms with Gasteiger partial charge in [0.25, 0.3) is 0 Å². The van der Waals surface area contributed by atoms with Crippen LogP contribution in [0.15, 0.2) is 53.6 Å². The first-order valence-corrected chi connectivity index (χ1v) is 7.04. The molecule has 0 atom stereocenters. The van der Waals surface area contributed by atoms with E-state index in [1.54, 1.807) is 0 Å². The fourth-order valence-corrected chi connectivity index (χ4v) is 1.75. The molecule has 1 rings (SSSR count). The van der Waals surface area contributed by atoms with E-state index < -0.39 is 0 Å². The molecule has 0 saturated heterocycles.